The Labute approximate surface area is 223 Å². The van der Waals surface area contributed by atoms with Gasteiger partial charge in [-0.15, -0.1) is 11.8 Å². The second-order valence-electron chi connectivity index (χ2n) is 10.1. The fourth-order valence-corrected chi connectivity index (χ4v) is 7.67. The summed E-state index contributed by atoms with van der Waals surface area (Å²) >= 11 is 0.856. The summed E-state index contributed by atoms with van der Waals surface area (Å²) in [6.07, 6.45) is -8.35. The molecule has 3 aliphatic carbocycles. The lowest BCUT2D eigenvalue weighted by atomic mass is 9.57. The second-order valence-corrected chi connectivity index (χ2v) is 11.3. The molecule has 4 aliphatic rings. The molecular formula is C25H35NO11S. The van der Waals surface area contributed by atoms with Crippen LogP contribution in [0, 0.1) is 11.8 Å². The number of aliphatic hydroxyl groups excluding tert-OH is 5. The van der Waals surface area contributed by atoms with Crippen molar-refractivity contribution in [3.63, 3.8) is 0 Å². The standard InChI is InChI=1S/C25H35NO11S/c1-11(28)26-17-20(31)18(29)14(9-27)37-24(17)38-22-16(23(33)35-2)15-13(8-25(22,34)21(32)19(15)30)36-10-12-6-4-3-5-7-12/h3-7,13-22,24,27,29-32,34H,8-10H2,1-2H3,(H,26,28)/t13-,14-,15+,16-,17-,18-,19-,20-,21-,22-,24+,25-/m1/s1. The van der Waals surface area contributed by atoms with Gasteiger partial charge in [-0.3, -0.25) is 9.59 Å². The molecule has 1 aliphatic heterocycles. The monoisotopic (exact) mass is 557 g/mol. The van der Waals surface area contributed by atoms with Gasteiger partial charge in [0, 0.05) is 19.3 Å². The summed E-state index contributed by atoms with van der Waals surface area (Å²) in [5.74, 6) is -3.41. The summed E-state index contributed by atoms with van der Waals surface area (Å²) in [4.78, 5) is 24.9. The lowest BCUT2D eigenvalue weighted by Gasteiger charge is -2.60. The van der Waals surface area contributed by atoms with Crippen LogP contribution >= 0.6 is 11.8 Å². The summed E-state index contributed by atoms with van der Waals surface area (Å²) in [6, 6.07) is 8.03. The first kappa shape index (κ1) is 29.2. The van der Waals surface area contributed by atoms with Crippen LogP contribution in [0.5, 0.6) is 0 Å². The Morgan fingerprint density at radius 1 is 1.13 bits per heavy atom. The molecule has 0 radical (unpaired) electrons. The Bertz CT molecular complexity index is 985. The maximum atomic E-state index is 13.1. The fraction of sp³-hybridized carbons (Fsp3) is 0.680. The van der Waals surface area contributed by atoms with Crippen molar-refractivity contribution in [1.82, 2.24) is 5.32 Å². The molecule has 13 heteroatoms. The average Bonchev–Trinajstić information content (AvgIpc) is 2.90. The molecule has 0 spiro atoms. The molecule has 12 nitrogen and oxygen atoms in total. The Kier molecular flexibility index (Phi) is 9.02. The van der Waals surface area contributed by atoms with Crippen molar-refractivity contribution >= 4 is 23.6 Å². The van der Waals surface area contributed by atoms with Crippen molar-refractivity contribution in [3.8, 4) is 0 Å². The third-order valence-corrected chi connectivity index (χ3v) is 9.40. The second kappa shape index (κ2) is 11.7. The van der Waals surface area contributed by atoms with Gasteiger partial charge in [0.2, 0.25) is 5.91 Å². The van der Waals surface area contributed by atoms with Crippen LogP contribution in [0.1, 0.15) is 18.9 Å². The van der Waals surface area contributed by atoms with E-state index in [-0.39, 0.29) is 13.0 Å². The van der Waals surface area contributed by atoms with E-state index in [9.17, 15) is 40.2 Å². The highest BCUT2D eigenvalue weighted by Gasteiger charge is 2.68. The normalized spacial score (nSPS) is 42.5. The maximum Gasteiger partial charge on any atom is 0.310 e. The Morgan fingerprint density at radius 3 is 2.42 bits per heavy atom. The molecule has 0 aromatic heterocycles. The molecule has 212 valence electrons. The lowest BCUT2D eigenvalue weighted by Crippen LogP contribution is -2.75. The molecule has 2 bridgehead atoms. The van der Waals surface area contributed by atoms with Gasteiger partial charge >= 0.3 is 5.97 Å². The van der Waals surface area contributed by atoms with Crippen molar-refractivity contribution in [2.45, 2.75) is 78.9 Å². The number of hydrogen-bond donors (Lipinski definition) is 7. The van der Waals surface area contributed by atoms with Crippen LogP contribution < -0.4 is 5.32 Å². The molecular weight excluding hydrogens is 522 g/mol. The topological polar surface area (TPSA) is 195 Å². The molecule has 1 heterocycles. The number of amides is 1. The van der Waals surface area contributed by atoms with E-state index in [4.69, 9.17) is 14.2 Å². The number of nitrogens with one attached hydrogen (secondary N) is 1. The quantitative estimate of drug-likeness (QED) is 0.172. The van der Waals surface area contributed by atoms with Gasteiger partial charge in [-0.25, -0.2) is 0 Å². The molecule has 1 aromatic carbocycles. The van der Waals surface area contributed by atoms with Crippen LogP contribution in [0.3, 0.4) is 0 Å². The SMILES string of the molecule is COC(=O)[C@@H]1[C@H]2[C@@H](O)[C@@H](O)[C@](O)(C[C@H]2OCc2ccccc2)[C@@H]1S[C@@H]1O[C@H](CO)[C@@H](O)[C@H](O)[C@H]1NC(C)=O. The first-order valence-corrected chi connectivity index (χ1v) is 13.3. The van der Waals surface area contributed by atoms with Gasteiger partial charge in [-0.2, -0.15) is 0 Å². The van der Waals surface area contributed by atoms with Gasteiger partial charge in [-0.1, -0.05) is 30.3 Å². The predicted octanol–water partition coefficient (Wildman–Crippen LogP) is -2.11. The number of fused-ring (bicyclic) bond motifs is 3. The van der Waals surface area contributed by atoms with Crippen LogP contribution in [-0.4, -0.2) is 115 Å². The van der Waals surface area contributed by atoms with Gasteiger partial charge in [-0.05, 0) is 5.56 Å². The molecule has 7 N–H and O–H groups in total. The highest BCUT2D eigenvalue weighted by molar-refractivity contribution is 8.00. The molecule has 1 saturated heterocycles. The van der Waals surface area contributed by atoms with Crippen molar-refractivity contribution in [3.05, 3.63) is 35.9 Å². The van der Waals surface area contributed by atoms with Crippen molar-refractivity contribution in [2.24, 2.45) is 11.8 Å². The molecule has 3 saturated carbocycles. The number of benzene rings is 1. The molecule has 0 unspecified atom stereocenters. The van der Waals surface area contributed by atoms with Gasteiger partial charge in [0.1, 0.15) is 35.5 Å². The smallest absolute Gasteiger partial charge is 0.310 e. The first-order chi connectivity index (χ1) is 18.0. The number of aliphatic hydroxyl groups is 6. The van der Waals surface area contributed by atoms with E-state index >= 15 is 0 Å². The minimum Gasteiger partial charge on any atom is -0.469 e. The van der Waals surface area contributed by atoms with Gasteiger partial charge in [0.05, 0.1) is 49.7 Å². The minimum absolute atomic E-state index is 0.125. The van der Waals surface area contributed by atoms with E-state index in [0.717, 1.165) is 24.4 Å². The average molecular weight is 558 g/mol. The highest BCUT2D eigenvalue weighted by Crippen LogP contribution is 2.55. The Hall–Kier alpha value is -1.81. The molecule has 12 atom stereocenters. The zero-order valence-electron chi connectivity index (χ0n) is 21.0. The number of carbonyl (C=O) groups excluding carboxylic acids is 2. The van der Waals surface area contributed by atoms with Crippen LogP contribution in [0.2, 0.25) is 0 Å². The number of ether oxygens (including phenoxy) is 3. The number of hydrogen-bond acceptors (Lipinski definition) is 12. The molecule has 1 amide bonds. The molecule has 4 fully saturated rings. The van der Waals surface area contributed by atoms with Crippen LogP contribution in [-0.2, 0) is 30.4 Å². The largest absolute Gasteiger partial charge is 0.469 e. The summed E-state index contributed by atoms with van der Waals surface area (Å²) in [5, 5.41) is 65.8. The van der Waals surface area contributed by atoms with E-state index in [1.165, 1.54) is 6.92 Å². The van der Waals surface area contributed by atoms with Crippen molar-refractivity contribution < 1.29 is 54.4 Å². The molecule has 1 aromatic rings. The summed E-state index contributed by atoms with van der Waals surface area (Å²) in [6.45, 7) is 0.711. The van der Waals surface area contributed by atoms with E-state index < -0.39 is 89.3 Å². The van der Waals surface area contributed by atoms with E-state index in [0.29, 0.717) is 0 Å². The van der Waals surface area contributed by atoms with Gasteiger partial charge in [0.25, 0.3) is 0 Å². The van der Waals surface area contributed by atoms with Crippen LogP contribution in [0.4, 0.5) is 0 Å². The molecule has 38 heavy (non-hydrogen) atoms. The maximum absolute atomic E-state index is 13.1. The van der Waals surface area contributed by atoms with Crippen molar-refractivity contribution in [2.75, 3.05) is 13.7 Å². The van der Waals surface area contributed by atoms with Crippen LogP contribution in [0.15, 0.2) is 30.3 Å². The predicted molar refractivity (Wildman–Crippen MR) is 132 cm³/mol. The van der Waals surface area contributed by atoms with Gasteiger partial charge in [0.15, 0.2) is 0 Å². The minimum atomic E-state index is -2.06. The fourth-order valence-electron chi connectivity index (χ4n) is 5.84. The van der Waals surface area contributed by atoms with Gasteiger partial charge < -0.3 is 50.2 Å². The third-order valence-electron chi connectivity index (χ3n) is 7.73. The van der Waals surface area contributed by atoms with E-state index in [1.807, 2.05) is 30.3 Å². The Balaban J connectivity index is 1.65. The molecule has 5 rings (SSSR count). The number of esters is 1. The Morgan fingerprint density at radius 2 is 1.82 bits per heavy atom. The zero-order valence-corrected chi connectivity index (χ0v) is 21.8. The third kappa shape index (κ3) is 5.31. The van der Waals surface area contributed by atoms with Crippen LogP contribution in [0.25, 0.3) is 0 Å². The number of carbonyl (C=O) groups is 2. The first-order valence-electron chi connectivity index (χ1n) is 12.4. The zero-order chi connectivity index (χ0) is 27.8. The highest BCUT2D eigenvalue weighted by atomic mass is 32.2. The summed E-state index contributed by atoms with van der Waals surface area (Å²) in [7, 11) is 1.16. The summed E-state index contributed by atoms with van der Waals surface area (Å²) < 4.78 is 16.9. The number of rotatable bonds is 8. The number of methoxy groups -OCH3 is 1. The van der Waals surface area contributed by atoms with E-state index in [2.05, 4.69) is 5.32 Å². The summed E-state index contributed by atoms with van der Waals surface area (Å²) in [5.41, 5.74) is -2.37. The number of thioether (sulfide) groups is 1. The van der Waals surface area contributed by atoms with Crippen molar-refractivity contribution in [1.29, 1.82) is 0 Å². The lowest BCUT2D eigenvalue weighted by molar-refractivity contribution is -0.259. The van der Waals surface area contributed by atoms with E-state index in [1.54, 1.807) is 0 Å².